The first-order chi connectivity index (χ1) is 17.4. The SMILES string of the molecule is CCCCn1cc(CN2CCOC(COc3ccc(Cl)cc3)(CC(=O)N3CCN(C)CC3)C2)c(C)n1. The van der Waals surface area contributed by atoms with Gasteiger partial charge in [-0.3, -0.25) is 14.4 Å². The van der Waals surface area contributed by atoms with E-state index in [2.05, 4.69) is 41.6 Å². The molecule has 2 aliphatic rings. The van der Waals surface area contributed by atoms with Crippen molar-refractivity contribution in [3.63, 3.8) is 0 Å². The van der Waals surface area contributed by atoms with Crippen LogP contribution < -0.4 is 4.74 Å². The summed E-state index contributed by atoms with van der Waals surface area (Å²) in [6, 6.07) is 7.33. The second-order valence-corrected chi connectivity index (χ2v) is 10.6. The van der Waals surface area contributed by atoms with Crippen molar-refractivity contribution in [2.24, 2.45) is 0 Å². The molecule has 0 bridgehead atoms. The number of aromatic nitrogens is 2. The maximum Gasteiger partial charge on any atom is 0.225 e. The molecule has 36 heavy (non-hydrogen) atoms. The van der Waals surface area contributed by atoms with Crippen LogP contribution >= 0.6 is 11.6 Å². The fourth-order valence-corrected chi connectivity index (χ4v) is 5.01. The van der Waals surface area contributed by atoms with Crippen LogP contribution in [-0.4, -0.2) is 95.5 Å². The summed E-state index contributed by atoms with van der Waals surface area (Å²) < 4.78 is 14.6. The zero-order valence-corrected chi connectivity index (χ0v) is 22.7. The van der Waals surface area contributed by atoms with Gasteiger partial charge in [-0.15, -0.1) is 0 Å². The Bertz CT molecular complexity index is 990. The first-order valence-electron chi connectivity index (χ1n) is 13.1. The molecule has 1 aromatic heterocycles. The summed E-state index contributed by atoms with van der Waals surface area (Å²) >= 11 is 6.04. The van der Waals surface area contributed by atoms with E-state index in [9.17, 15) is 4.79 Å². The molecule has 0 N–H and O–H groups in total. The van der Waals surface area contributed by atoms with E-state index in [1.807, 2.05) is 29.2 Å². The van der Waals surface area contributed by atoms with Crippen LogP contribution in [0.5, 0.6) is 5.75 Å². The van der Waals surface area contributed by atoms with E-state index in [1.54, 1.807) is 0 Å². The summed E-state index contributed by atoms with van der Waals surface area (Å²) in [5.74, 6) is 0.854. The van der Waals surface area contributed by atoms with Crippen LogP contribution in [0.2, 0.25) is 5.02 Å². The van der Waals surface area contributed by atoms with E-state index >= 15 is 0 Å². The van der Waals surface area contributed by atoms with Crippen molar-refractivity contribution in [2.45, 2.75) is 51.8 Å². The zero-order chi connectivity index (χ0) is 25.5. The first-order valence-corrected chi connectivity index (χ1v) is 13.5. The van der Waals surface area contributed by atoms with E-state index in [0.717, 1.165) is 70.1 Å². The Kier molecular flexibility index (Phi) is 9.28. The zero-order valence-electron chi connectivity index (χ0n) is 21.9. The number of halogens is 1. The molecular weight excluding hydrogens is 478 g/mol. The average Bonchev–Trinajstić information content (AvgIpc) is 3.21. The highest BCUT2D eigenvalue weighted by Crippen LogP contribution is 2.27. The quantitative estimate of drug-likeness (QED) is 0.481. The van der Waals surface area contributed by atoms with Crippen molar-refractivity contribution < 1.29 is 14.3 Å². The first kappa shape index (κ1) is 26.9. The largest absolute Gasteiger partial charge is 0.491 e. The minimum absolute atomic E-state index is 0.133. The molecule has 0 spiro atoms. The fraction of sp³-hybridized carbons (Fsp3) is 0.630. The Morgan fingerprint density at radius 3 is 2.64 bits per heavy atom. The van der Waals surface area contributed by atoms with Gasteiger partial charge in [0.1, 0.15) is 18.0 Å². The minimum atomic E-state index is -0.718. The van der Waals surface area contributed by atoms with Crippen molar-refractivity contribution in [3.8, 4) is 5.75 Å². The lowest BCUT2D eigenvalue weighted by Gasteiger charge is -2.43. The van der Waals surface area contributed by atoms with Crippen molar-refractivity contribution in [1.82, 2.24) is 24.5 Å². The van der Waals surface area contributed by atoms with Gasteiger partial charge >= 0.3 is 0 Å². The van der Waals surface area contributed by atoms with E-state index in [-0.39, 0.29) is 5.91 Å². The number of unbranched alkanes of at least 4 members (excludes halogenated alkanes) is 1. The predicted octanol–water partition coefficient (Wildman–Crippen LogP) is 3.46. The van der Waals surface area contributed by atoms with Crippen LogP contribution in [0.15, 0.2) is 30.5 Å². The van der Waals surface area contributed by atoms with Gasteiger partial charge < -0.3 is 19.3 Å². The highest BCUT2D eigenvalue weighted by molar-refractivity contribution is 6.30. The third-order valence-corrected chi connectivity index (χ3v) is 7.41. The number of likely N-dealkylation sites (N-methyl/N-ethyl adjacent to an activating group) is 1. The van der Waals surface area contributed by atoms with E-state index < -0.39 is 5.60 Å². The molecule has 1 amide bonds. The van der Waals surface area contributed by atoms with Crippen LogP contribution in [0.25, 0.3) is 0 Å². The Morgan fingerprint density at radius 1 is 1.17 bits per heavy atom. The number of ether oxygens (including phenoxy) is 2. The molecule has 1 aromatic carbocycles. The van der Waals surface area contributed by atoms with E-state index in [0.29, 0.717) is 31.2 Å². The van der Waals surface area contributed by atoms with Crippen molar-refractivity contribution in [2.75, 3.05) is 59.5 Å². The highest BCUT2D eigenvalue weighted by Gasteiger charge is 2.41. The van der Waals surface area contributed by atoms with Gasteiger partial charge in [-0.05, 0) is 44.7 Å². The van der Waals surface area contributed by atoms with Crippen LogP contribution in [0.4, 0.5) is 0 Å². The second kappa shape index (κ2) is 12.4. The number of rotatable bonds is 10. The highest BCUT2D eigenvalue weighted by atomic mass is 35.5. The number of benzene rings is 1. The lowest BCUT2D eigenvalue weighted by Crippen LogP contribution is -2.58. The monoisotopic (exact) mass is 517 g/mol. The average molecular weight is 518 g/mol. The lowest BCUT2D eigenvalue weighted by molar-refractivity contribution is -0.157. The second-order valence-electron chi connectivity index (χ2n) is 10.2. The maximum absolute atomic E-state index is 13.4. The molecule has 2 fully saturated rings. The van der Waals surface area contributed by atoms with Gasteiger partial charge in [0, 0.05) is 69.1 Å². The molecule has 2 aliphatic heterocycles. The number of carbonyl (C=O) groups is 1. The molecule has 3 heterocycles. The summed E-state index contributed by atoms with van der Waals surface area (Å²) in [7, 11) is 2.10. The Hall–Kier alpha value is -2.13. The molecule has 2 saturated heterocycles. The van der Waals surface area contributed by atoms with Crippen LogP contribution in [0.3, 0.4) is 0 Å². The van der Waals surface area contributed by atoms with Crippen LogP contribution in [-0.2, 0) is 22.6 Å². The van der Waals surface area contributed by atoms with Crippen molar-refractivity contribution >= 4 is 17.5 Å². The number of nitrogens with zero attached hydrogens (tertiary/aromatic N) is 5. The van der Waals surface area contributed by atoms with Crippen LogP contribution in [0, 0.1) is 6.92 Å². The number of hydrogen-bond acceptors (Lipinski definition) is 6. The molecular formula is C27H40ClN5O3. The summed E-state index contributed by atoms with van der Waals surface area (Å²) in [6.45, 7) is 11.6. The maximum atomic E-state index is 13.4. The predicted molar refractivity (Wildman–Crippen MR) is 141 cm³/mol. The fourth-order valence-electron chi connectivity index (χ4n) is 4.88. The molecule has 1 unspecified atom stereocenters. The van der Waals surface area contributed by atoms with Crippen molar-refractivity contribution in [1.29, 1.82) is 0 Å². The molecule has 2 aromatic rings. The van der Waals surface area contributed by atoms with Gasteiger partial charge in [0.25, 0.3) is 0 Å². The molecule has 0 saturated carbocycles. The third-order valence-electron chi connectivity index (χ3n) is 7.16. The Labute approximate surface area is 220 Å². The number of carbonyl (C=O) groups excluding carboxylic acids is 1. The van der Waals surface area contributed by atoms with Gasteiger partial charge in [-0.2, -0.15) is 5.10 Å². The van der Waals surface area contributed by atoms with E-state index in [4.69, 9.17) is 26.2 Å². The molecule has 1 atom stereocenters. The Morgan fingerprint density at radius 2 is 1.92 bits per heavy atom. The minimum Gasteiger partial charge on any atom is -0.491 e. The molecule has 198 valence electrons. The summed E-state index contributed by atoms with van der Waals surface area (Å²) in [5, 5.41) is 5.37. The smallest absolute Gasteiger partial charge is 0.225 e. The van der Waals surface area contributed by atoms with Gasteiger partial charge in [0.15, 0.2) is 0 Å². The number of piperazine rings is 1. The normalized spacial score (nSPS) is 21.6. The molecule has 9 heteroatoms. The van der Waals surface area contributed by atoms with Gasteiger partial charge in [0.05, 0.1) is 18.7 Å². The van der Waals surface area contributed by atoms with Gasteiger partial charge in [0.2, 0.25) is 5.91 Å². The summed E-state index contributed by atoms with van der Waals surface area (Å²) in [4.78, 5) is 20.0. The summed E-state index contributed by atoms with van der Waals surface area (Å²) in [6.07, 6.45) is 4.74. The number of hydrogen-bond donors (Lipinski definition) is 0. The third kappa shape index (κ3) is 7.22. The molecule has 0 radical (unpaired) electrons. The molecule has 4 rings (SSSR count). The molecule has 0 aliphatic carbocycles. The number of morpholine rings is 1. The van der Waals surface area contributed by atoms with E-state index in [1.165, 1.54) is 5.56 Å². The topological polar surface area (TPSA) is 63.1 Å². The van der Waals surface area contributed by atoms with Crippen molar-refractivity contribution in [3.05, 3.63) is 46.7 Å². The molecule has 8 nitrogen and oxygen atoms in total. The number of aryl methyl sites for hydroxylation is 2. The standard InChI is InChI=1S/C27H40ClN5O3/c1-4-5-10-33-19-23(22(2)29-33)18-31-15-16-36-27(20-31,21-35-25-8-6-24(28)7-9-25)17-26(34)32-13-11-30(3)12-14-32/h6-9,19H,4-5,10-18,20-21H2,1-3H3. The lowest BCUT2D eigenvalue weighted by atomic mass is 9.96. The van der Waals surface area contributed by atoms with Crippen LogP contribution in [0.1, 0.15) is 37.4 Å². The Balaban J connectivity index is 1.47. The van der Waals surface area contributed by atoms with Gasteiger partial charge in [-0.1, -0.05) is 24.9 Å². The number of amides is 1. The summed E-state index contributed by atoms with van der Waals surface area (Å²) in [5.41, 5.74) is 1.57. The van der Waals surface area contributed by atoms with Gasteiger partial charge in [-0.25, -0.2) is 0 Å².